The van der Waals surface area contributed by atoms with Crippen LogP contribution >= 0.6 is 35.0 Å². The Bertz CT molecular complexity index is 966. The number of amides is 2. The van der Waals surface area contributed by atoms with Crippen LogP contribution in [0, 0.1) is 10.1 Å². The molecule has 0 atom stereocenters. The molecule has 0 aromatic heterocycles. The number of nitrogens with zero attached hydrogens (tertiary/aromatic N) is 1. The minimum absolute atomic E-state index is 0.0196. The SMILES string of the molecule is CC(C)(CNC(=O)CSc1ccc(C(N)=O)cc1[N+](=O)[O-])c1ccc(Cl)c(Cl)c1. The molecule has 7 nitrogen and oxygen atoms in total. The van der Waals surface area contributed by atoms with Gasteiger partial charge in [0.05, 0.1) is 25.6 Å². The highest BCUT2D eigenvalue weighted by Gasteiger charge is 2.23. The number of thioether (sulfide) groups is 1. The zero-order valence-electron chi connectivity index (χ0n) is 15.7. The summed E-state index contributed by atoms with van der Waals surface area (Å²) in [6, 6.07) is 9.22. The first-order valence-corrected chi connectivity index (χ1v) is 10.2. The van der Waals surface area contributed by atoms with Gasteiger partial charge in [-0.1, -0.05) is 43.1 Å². The summed E-state index contributed by atoms with van der Waals surface area (Å²) in [6.45, 7) is 4.24. The van der Waals surface area contributed by atoms with Crippen LogP contribution in [0.5, 0.6) is 0 Å². The molecule has 0 radical (unpaired) electrons. The van der Waals surface area contributed by atoms with E-state index in [1.807, 2.05) is 19.9 Å². The predicted octanol–water partition coefficient (Wildman–Crippen LogP) is 4.19. The summed E-state index contributed by atoms with van der Waals surface area (Å²) >= 11 is 13.0. The number of primary amides is 1. The molecule has 0 spiro atoms. The Morgan fingerprint density at radius 3 is 2.45 bits per heavy atom. The number of nitro groups is 1. The lowest BCUT2D eigenvalue weighted by atomic mass is 9.84. The van der Waals surface area contributed by atoms with E-state index in [0.717, 1.165) is 23.4 Å². The van der Waals surface area contributed by atoms with Gasteiger partial charge in [-0.3, -0.25) is 19.7 Å². The highest BCUT2D eigenvalue weighted by molar-refractivity contribution is 8.00. The van der Waals surface area contributed by atoms with E-state index in [-0.39, 0.29) is 27.8 Å². The minimum atomic E-state index is -0.757. The van der Waals surface area contributed by atoms with E-state index in [4.69, 9.17) is 28.9 Å². The number of nitrogens with two attached hydrogens (primary N) is 1. The van der Waals surface area contributed by atoms with Gasteiger partial charge in [0.15, 0.2) is 0 Å². The molecule has 0 saturated heterocycles. The summed E-state index contributed by atoms with van der Waals surface area (Å²) in [4.78, 5) is 34.3. The third-order valence-electron chi connectivity index (χ3n) is 4.23. The third kappa shape index (κ3) is 6.09. The molecule has 0 saturated carbocycles. The molecule has 0 aliphatic rings. The summed E-state index contributed by atoms with van der Waals surface area (Å²) in [7, 11) is 0. The normalized spacial score (nSPS) is 11.2. The molecule has 10 heteroatoms. The number of nitrogens with one attached hydrogen (secondary N) is 1. The number of rotatable bonds is 8. The second-order valence-corrected chi connectivity index (χ2v) is 8.71. The van der Waals surface area contributed by atoms with Gasteiger partial charge in [0.2, 0.25) is 11.8 Å². The van der Waals surface area contributed by atoms with E-state index in [2.05, 4.69) is 5.32 Å². The van der Waals surface area contributed by atoms with Crippen molar-refractivity contribution < 1.29 is 14.5 Å². The Hall–Kier alpha value is -2.29. The van der Waals surface area contributed by atoms with Crippen molar-refractivity contribution in [1.82, 2.24) is 5.32 Å². The monoisotopic (exact) mass is 455 g/mol. The first kappa shape index (κ1) is 23.0. The Morgan fingerprint density at radius 1 is 1.17 bits per heavy atom. The van der Waals surface area contributed by atoms with Crippen LogP contribution < -0.4 is 11.1 Å². The Kier molecular flexibility index (Phi) is 7.51. The third-order valence-corrected chi connectivity index (χ3v) is 6.03. The molecule has 0 aliphatic heterocycles. The molecule has 154 valence electrons. The molecule has 2 amide bonds. The van der Waals surface area contributed by atoms with Crippen LogP contribution in [-0.4, -0.2) is 29.0 Å². The fourth-order valence-corrected chi connectivity index (χ4v) is 3.60. The summed E-state index contributed by atoms with van der Waals surface area (Å²) in [5.41, 5.74) is 5.44. The van der Waals surface area contributed by atoms with Gasteiger partial charge >= 0.3 is 0 Å². The lowest BCUT2D eigenvalue weighted by Crippen LogP contribution is -2.37. The van der Waals surface area contributed by atoms with Crippen LogP contribution in [0.25, 0.3) is 0 Å². The lowest BCUT2D eigenvalue weighted by Gasteiger charge is -2.26. The van der Waals surface area contributed by atoms with Crippen LogP contribution in [0.15, 0.2) is 41.3 Å². The average Bonchev–Trinajstić information content (AvgIpc) is 2.66. The number of benzene rings is 2. The summed E-state index contributed by atoms with van der Waals surface area (Å²) in [6.07, 6.45) is 0. The molecule has 2 rings (SSSR count). The van der Waals surface area contributed by atoms with Crippen LogP contribution in [0.1, 0.15) is 29.8 Å². The van der Waals surface area contributed by atoms with E-state index < -0.39 is 16.2 Å². The molecular formula is C19H19Cl2N3O4S. The number of halogens is 2. The Labute approximate surface area is 182 Å². The van der Waals surface area contributed by atoms with Crippen LogP contribution in [-0.2, 0) is 10.2 Å². The van der Waals surface area contributed by atoms with Gasteiger partial charge in [-0.05, 0) is 29.8 Å². The van der Waals surface area contributed by atoms with Crippen molar-refractivity contribution in [2.24, 2.45) is 5.73 Å². The topological polar surface area (TPSA) is 115 Å². The van der Waals surface area contributed by atoms with Crippen LogP contribution in [0.2, 0.25) is 10.0 Å². The Morgan fingerprint density at radius 2 is 1.86 bits per heavy atom. The molecule has 0 bridgehead atoms. The maximum atomic E-state index is 12.2. The largest absolute Gasteiger partial charge is 0.366 e. The average molecular weight is 456 g/mol. The van der Waals surface area contributed by atoms with Crippen molar-refractivity contribution in [3.05, 3.63) is 67.7 Å². The fraction of sp³-hybridized carbons (Fsp3) is 0.263. The number of hydrogen-bond donors (Lipinski definition) is 2. The molecule has 29 heavy (non-hydrogen) atoms. The van der Waals surface area contributed by atoms with Gasteiger partial charge in [0.25, 0.3) is 5.69 Å². The molecule has 3 N–H and O–H groups in total. The van der Waals surface area contributed by atoms with Crippen molar-refractivity contribution in [2.75, 3.05) is 12.3 Å². The first-order valence-electron chi connectivity index (χ1n) is 8.44. The number of nitro benzene ring substituents is 1. The summed E-state index contributed by atoms with van der Waals surface area (Å²) in [5, 5.41) is 14.9. The van der Waals surface area contributed by atoms with E-state index in [1.54, 1.807) is 12.1 Å². The number of carbonyl (C=O) groups excluding carboxylic acids is 2. The fourth-order valence-electron chi connectivity index (χ4n) is 2.47. The summed E-state index contributed by atoms with van der Waals surface area (Å²) < 4.78 is 0. The van der Waals surface area contributed by atoms with Crippen molar-refractivity contribution in [3.63, 3.8) is 0 Å². The molecule has 0 unspecified atom stereocenters. The first-order chi connectivity index (χ1) is 13.5. The molecule has 2 aromatic carbocycles. The van der Waals surface area contributed by atoms with Gasteiger partial charge in [-0.15, -0.1) is 11.8 Å². The zero-order chi connectivity index (χ0) is 21.8. The zero-order valence-corrected chi connectivity index (χ0v) is 18.0. The van der Waals surface area contributed by atoms with E-state index in [0.29, 0.717) is 16.6 Å². The molecular weight excluding hydrogens is 437 g/mol. The molecule has 2 aromatic rings. The van der Waals surface area contributed by atoms with Crippen molar-refractivity contribution in [3.8, 4) is 0 Å². The van der Waals surface area contributed by atoms with Gasteiger partial charge in [-0.2, -0.15) is 0 Å². The van der Waals surface area contributed by atoms with Crippen molar-refractivity contribution >= 4 is 52.5 Å². The predicted molar refractivity (Wildman–Crippen MR) is 115 cm³/mol. The number of hydrogen-bond acceptors (Lipinski definition) is 5. The molecule has 0 heterocycles. The van der Waals surface area contributed by atoms with E-state index in [9.17, 15) is 19.7 Å². The van der Waals surface area contributed by atoms with E-state index in [1.165, 1.54) is 12.1 Å². The second kappa shape index (κ2) is 9.47. The van der Waals surface area contributed by atoms with Crippen molar-refractivity contribution in [2.45, 2.75) is 24.2 Å². The second-order valence-electron chi connectivity index (χ2n) is 6.88. The maximum Gasteiger partial charge on any atom is 0.283 e. The maximum absolute atomic E-state index is 12.2. The molecule has 0 fully saturated rings. The van der Waals surface area contributed by atoms with Crippen LogP contribution in [0.3, 0.4) is 0 Å². The highest BCUT2D eigenvalue weighted by atomic mass is 35.5. The van der Waals surface area contributed by atoms with Gasteiger partial charge in [-0.25, -0.2) is 0 Å². The van der Waals surface area contributed by atoms with Gasteiger partial charge in [0.1, 0.15) is 0 Å². The van der Waals surface area contributed by atoms with E-state index >= 15 is 0 Å². The van der Waals surface area contributed by atoms with Crippen molar-refractivity contribution in [1.29, 1.82) is 0 Å². The number of carbonyl (C=O) groups is 2. The van der Waals surface area contributed by atoms with Crippen LogP contribution in [0.4, 0.5) is 5.69 Å². The van der Waals surface area contributed by atoms with Gasteiger partial charge < -0.3 is 11.1 Å². The quantitative estimate of drug-likeness (QED) is 0.351. The lowest BCUT2D eigenvalue weighted by molar-refractivity contribution is -0.387. The standard InChI is InChI=1S/C19H19Cl2N3O4S/c1-19(2,12-4-5-13(20)14(21)8-12)10-23-17(25)9-29-16-6-3-11(18(22)26)7-15(16)24(27)28/h3-8H,9-10H2,1-2H3,(H2,22,26)(H,23,25). The minimum Gasteiger partial charge on any atom is -0.366 e. The smallest absolute Gasteiger partial charge is 0.283 e. The Balaban J connectivity index is 2.00. The highest BCUT2D eigenvalue weighted by Crippen LogP contribution is 2.31. The molecule has 0 aliphatic carbocycles. The van der Waals surface area contributed by atoms with Gasteiger partial charge in [0, 0.05) is 23.6 Å². The summed E-state index contributed by atoms with van der Waals surface area (Å²) in [5.74, 6) is -1.06.